The van der Waals surface area contributed by atoms with Crippen LogP contribution in [0, 0.1) is 0 Å². The van der Waals surface area contributed by atoms with Gasteiger partial charge >= 0.3 is 0 Å². The number of hydrogen-bond donors (Lipinski definition) is 1. The number of carbonyl (C=O) groups excluding carboxylic acids is 2. The molecule has 0 fully saturated rings. The quantitative estimate of drug-likeness (QED) is 0.701. The first-order chi connectivity index (χ1) is 13.9. The summed E-state index contributed by atoms with van der Waals surface area (Å²) >= 11 is 7.43. The van der Waals surface area contributed by atoms with Crippen LogP contribution >= 0.6 is 23.4 Å². The van der Waals surface area contributed by atoms with Crippen LogP contribution in [0.15, 0.2) is 53.6 Å². The van der Waals surface area contributed by atoms with Gasteiger partial charge in [0.1, 0.15) is 30.1 Å². The molecule has 152 valence electrons. The molecule has 0 aliphatic carbocycles. The van der Waals surface area contributed by atoms with E-state index < -0.39 is 5.37 Å². The molecule has 0 saturated carbocycles. The summed E-state index contributed by atoms with van der Waals surface area (Å²) in [6.45, 7) is 3.45. The van der Waals surface area contributed by atoms with Crippen molar-refractivity contribution in [1.29, 1.82) is 0 Å². The van der Waals surface area contributed by atoms with Gasteiger partial charge in [0.2, 0.25) is 11.8 Å². The Balaban J connectivity index is 1.72. The lowest BCUT2D eigenvalue weighted by Gasteiger charge is -2.22. The number of amides is 2. The van der Waals surface area contributed by atoms with Gasteiger partial charge in [0, 0.05) is 24.4 Å². The maximum Gasteiger partial charge on any atom is 0.241 e. The van der Waals surface area contributed by atoms with Gasteiger partial charge in [-0.3, -0.25) is 9.59 Å². The summed E-state index contributed by atoms with van der Waals surface area (Å²) < 4.78 is 11.5. The van der Waals surface area contributed by atoms with Gasteiger partial charge in [-0.05, 0) is 30.3 Å². The van der Waals surface area contributed by atoms with Crippen LogP contribution in [0.25, 0.3) is 0 Å². The van der Waals surface area contributed by atoms with Crippen LogP contribution in [0.5, 0.6) is 11.5 Å². The fourth-order valence-corrected chi connectivity index (χ4v) is 3.97. The molecule has 0 bridgehead atoms. The zero-order chi connectivity index (χ0) is 20.8. The van der Waals surface area contributed by atoms with E-state index >= 15 is 0 Å². The number of nitrogens with zero attached hydrogens (tertiary/aromatic N) is 2. The van der Waals surface area contributed by atoms with E-state index in [1.807, 2.05) is 30.3 Å². The number of rotatable bonds is 6. The van der Waals surface area contributed by atoms with Crippen molar-refractivity contribution in [3.63, 3.8) is 0 Å². The second-order valence-corrected chi connectivity index (χ2v) is 7.62. The smallest absolute Gasteiger partial charge is 0.241 e. The van der Waals surface area contributed by atoms with Crippen molar-refractivity contribution in [3.8, 4) is 11.5 Å². The molecular weight excluding hydrogens is 414 g/mol. The Bertz CT molecular complexity index is 923. The number of halogens is 1. The van der Waals surface area contributed by atoms with Crippen LogP contribution in [0.1, 0.15) is 24.8 Å². The Kier molecular flexibility index (Phi) is 7.00. The highest BCUT2D eigenvalue weighted by Gasteiger charge is 2.34. The predicted octanol–water partition coefficient (Wildman–Crippen LogP) is 3.80. The first-order valence-corrected chi connectivity index (χ1v) is 10.1. The third-order valence-corrected chi connectivity index (χ3v) is 5.16. The monoisotopic (exact) mass is 433 g/mol. The predicted molar refractivity (Wildman–Crippen MR) is 113 cm³/mol. The highest BCUT2D eigenvalue weighted by molar-refractivity contribution is 8.14. The summed E-state index contributed by atoms with van der Waals surface area (Å²) in [4.78, 5) is 23.4. The summed E-state index contributed by atoms with van der Waals surface area (Å²) in [5, 5.41) is 8.46. The molecule has 2 aromatic carbocycles. The van der Waals surface area contributed by atoms with Crippen LogP contribution in [0.2, 0.25) is 5.02 Å². The molecule has 0 radical (unpaired) electrons. The molecule has 7 nitrogen and oxygen atoms in total. The number of nitrogens with one attached hydrogen (secondary N) is 1. The number of carbonyl (C=O) groups is 2. The van der Waals surface area contributed by atoms with Crippen LogP contribution in [0.4, 0.5) is 0 Å². The fourth-order valence-electron chi connectivity index (χ4n) is 2.64. The van der Waals surface area contributed by atoms with E-state index in [4.69, 9.17) is 21.1 Å². The van der Waals surface area contributed by atoms with Crippen molar-refractivity contribution >= 4 is 40.3 Å². The Labute approximate surface area is 178 Å². The van der Waals surface area contributed by atoms with Gasteiger partial charge < -0.3 is 14.8 Å². The molecule has 1 atom stereocenters. The molecule has 29 heavy (non-hydrogen) atoms. The van der Waals surface area contributed by atoms with Crippen LogP contribution in [-0.4, -0.2) is 35.2 Å². The summed E-state index contributed by atoms with van der Waals surface area (Å²) in [7, 11) is 0. The number of para-hydroxylation sites is 1. The molecule has 1 heterocycles. The van der Waals surface area contributed by atoms with Crippen LogP contribution in [0.3, 0.4) is 0 Å². The zero-order valence-corrected chi connectivity index (χ0v) is 17.5. The molecule has 3 rings (SSSR count). The largest absolute Gasteiger partial charge is 0.490 e. The average molecular weight is 434 g/mol. The number of amidine groups is 1. The molecule has 2 aromatic rings. The standard InChI is InChI=1S/C20H20ClN3O4S/c1-13(25)22-20-23-24(14(2)26)19(29-20)17-12-15(21)8-9-18(17)28-11-10-27-16-6-4-3-5-7-16/h3-9,12,19H,10-11H2,1-2H3,(H,22,23,25). The molecule has 0 saturated heterocycles. The maximum atomic E-state index is 12.1. The number of hydrogen-bond acceptors (Lipinski definition) is 6. The molecule has 0 aromatic heterocycles. The summed E-state index contributed by atoms with van der Waals surface area (Å²) in [5.74, 6) is 0.797. The SMILES string of the molecule is CC(=O)NC1=NN(C(C)=O)C(c2cc(Cl)ccc2OCCOc2ccccc2)S1. The van der Waals surface area contributed by atoms with E-state index in [0.29, 0.717) is 34.7 Å². The number of thioether (sulfide) groups is 1. The highest BCUT2D eigenvalue weighted by Crippen LogP contribution is 2.43. The summed E-state index contributed by atoms with van der Waals surface area (Å²) in [6.07, 6.45) is 0. The third-order valence-electron chi connectivity index (χ3n) is 3.84. The Morgan fingerprint density at radius 1 is 1.14 bits per heavy atom. The van der Waals surface area contributed by atoms with Gasteiger partial charge in [0.15, 0.2) is 5.17 Å². The molecule has 0 spiro atoms. The lowest BCUT2D eigenvalue weighted by Crippen LogP contribution is -2.25. The van der Waals surface area contributed by atoms with Crippen molar-refractivity contribution in [1.82, 2.24) is 10.3 Å². The first kappa shape index (κ1) is 21.0. The fraction of sp³-hybridized carbons (Fsp3) is 0.250. The highest BCUT2D eigenvalue weighted by atomic mass is 35.5. The summed E-state index contributed by atoms with van der Waals surface area (Å²) in [6, 6.07) is 14.6. The second-order valence-electron chi connectivity index (χ2n) is 6.11. The molecule has 1 unspecified atom stereocenters. The first-order valence-electron chi connectivity index (χ1n) is 8.87. The van der Waals surface area contributed by atoms with Gasteiger partial charge in [0.05, 0.1) is 0 Å². The topological polar surface area (TPSA) is 80.2 Å². The van der Waals surface area contributed by atoms with E-state index in [-0.39, 0.29) is 11.8 Å². The van der Waals surface area contributed by atoms with Gasteiger partial charge in [-0.1, -0.05) is 41.6 Å². The molecule has 1 aliphatic rings. The van der Waals surface area contributed by atoms with Crippen molar-refractivity contribution in [3.05, 3.63) is 59.1 Å². The molecule has 2 amide bonds. The minimum atomic E-state index is -0.502. The maximum absolute atomic E-state index is 12.1. The van der Waals surface area contributed by atoms with E-state index in [2.05, 4.69) is 10.4 Å². The molecular formula is C20H20ClN3O4S. The second kappa shape index (κ2) is 9.67. The van der Waals surface area contributed by atoms with Crippen LogP contribution < -0.4 is 14.8 Å². The summed E-state index contributed by atoms with van der Waals surface area (Å²) in [5.41, 5.74) is 0.682. The normalized spacial score (nSPS) is 15.6. The van der Waals surface area contributed by atoms with Crippen molar-refractivity contribution in [2.45, 2.75) is 19.2 Å². The molecule has 9 heteroatoms. The lowest BCUT2D eigenvalue weighted by molar-refractivity contribution is -0.129. The zero-order valence-electron chi connectivity index (χ0n) is 15.9. The average Bonchev–Trinajstić information content (AvgIpc) is 3.10. The van der Waals surface area contributed by atoms with Gasteiger partial charge in [-0.2, -0.15) is 0 Å². The van der Waals surface area contributed by atoms with Crippen LogP contribution in [-0.2, 0) is 9.59 Å². The lowest BCUT2D eigenvalue weighted by atomic mass is 10.2. The third kappa shape index (κ3) is 5.65. The van der Waals surface area contributed by atoms with E-state index in [0.717, 1.165) is 5.75 Å². The molecule has 1 aliphatic heterocycles. The Morgan fingerprint density at radius 2 is 1.86 bits per heavy atom. The van der Waals surface area contributed by atoms with Gasteiger partial charge in [0.25, 0.3) is 0 Å². The molecule has 1 N–H and O–H groups in total. The minimum Gasteiger partial charge on any atom is -0.490 e. The van der Waals surface area contributed by atoms with Crippen molar-refractivity contribution < 1.29 is 19.1 Å². The number of ether oxygens (including phenoxy) is 2. The Morgan fingerprint density at radius 3 is 2.55 bits per heavy atom. The van der Waals surface area contributed by atoms with Crippen molar-refractivity contribution in [2.75, 3.05) is 13.2 Å². The number of hydrazone groups is 1. The Hall–Kier alpha value is -2.71. The van der Waals surface area contributed by atoms with E-state index in [9.17, 15) is 9.59 Å². The van der Waals surface area contributed by atoms with E-state index in [1.165, 1.54) is 30.6 Å². The number of benzene rings is 2. The van der Waals surface area contributed by atoms with E-state index in [1.54, 1.807) is 18.2 Å². The minimum absolute atomic E-state index is 0.263. The van der Waals surface area contributed by atoms with Gasteiger partial charge in [-0.25, -0.2) is 5.01 Å². The van der Waals surface area contributed by atoms with Crippen molar-refractivity contribution in [2.24, 2.45) is 5.10 Å². The van der Waals surface area contributed by atoms with Gasteiger partial charge in [-0.15, -0.1) is 5.10 Å².